The first kappa shape index (κ1) is 16.7. The van der Waals surface area contributed by atoms with Crippen LogP contribution in [0.2, 0.25) is 0 Å². The van der Waals surface area contributed by atoms with Crippen molar-refractivity contribution in [3.63, 3.8) is 0 Å². The van der Waals surface area contributed by atoms with Gasteiger partial charge in [-0.15, -0.1) is 0 Å². The van der Waals surface area contributed by atoms with Crippen molar-refractivity contribution in [1.82, 2.24) is 0 Å². The lowest BCUT2D eigenvalue weighted by Crippen LogP contribution is -2.29. The Morgan fingerprint density at radius 2 is 1.85 bits per heavy atom. The lowest BCUT2D eigenvalue weighted by molar-refractivity contribution is 0.0967. The van der Waals surface area contributed by atoms with Crippen molar-refractivity contribution in [3.8, 4) is 5.75 Å². The van der Waals surface area contributed by atoms with Crippen molar-refractivity contribution in [1.29, 1.82) is 0 Å². The highest BCUT2D eigenvalue weighted by molar-refractivity contribution is 5.98. The molecule has 0 amide bonds. The van der Waals surface area contributed by atoms with Crippen molar-refractivity contribution in [3.05, 3.63) is 28.8 Å². The number of ether oxygens (including phenoxy) is 1. The Morgan fingerprint density at radius 3 is 2.35 bits per heavy atom. The average Bonchev–Trinajstić information content (AvgIpc) is 2.28. The maximum atomic E-state index is 12.4. The number of Topliss-reactive ketones (excluding diaryl/α,β-unsaturated/α-hetero) is 1. The second kappa shape index (κ2) is 6.40. The summed E-state index contributed by atoms with van der Waals surface area (Å²) >= 11 is 0. The molecule has 0 heterocycles. The largest absolute Gasteiger partial charge is 0.496 e. The third-order valence-electron chi connectivity index (χ3n) is 3.36. The normalized spacial score (nSPS) is 13.2. The molecule has 0 saturated carbocycles. The van der Waals surface area contributed by atoms with Crippen LogP contribution in [0.15, 0.2) is 12.1 Å². The van der Waals surface area contributed by atoms with Crippen LogP contribution >= 0.6 is 0 Å². The zero-order valence-electron chi connectivity index (χ0n) is 13.5. The number of aryl methyl sites for hydroxylation is 2. The molecule has 2 N–H and O–H groups in total. The van der Waals surface area contributed by atoms with Crippen molar-refractivity contribution in [2.24, 2.45) is 11.1 Å². The zero-order chi connectivity index (χ0) is 15.5. The van der Waals surface area contributed by atoms with Gasteiger partial charge in [-0.3, -0.25) is 4.79 Å². The predicted octanol–water partition coefficient (Wildman–Crippen LogP) is 3.65. The molecular formula is C17H27NO2. The maximum absolute atomic E-state index is 12.4. The van der Waals surface area contributed by atoms with E-state index in [2.05, 4.69) is 20.8 Å². The Kier molecular flexibility index (Phi) is 5.35. The van der Waals surface area contributed by atoms with E-state index in [0.29, 0.717) is 6.42 Å². The molecule has 1 aromatic rings. The van der Waals surface area contributed by atoms with Crippen LogP contribution in [0.4, 0.5) is 0 Å². The van der Waals surface area contributed by atoms with Gasteiger partial charge in [-0.05, 0) is 48.9 Å². The molecule has 3 heteroatoms. The first-order valence-corrected chi connectivity index (χ1v) is 7.08. The summed E-state index contributed by atoms with van der Waals surface area (Å²) in [5.74, 6) is 0.933. The van der Waals surface area contributed by atoms with E-state index in [0.717, 1.165) is 28.9 Å². The molecule has 0 aromatic heterocycles. The number of hydrogen-bond donors (Lipinski definition) is 1. The number of methoxy groups -OCH3 is 1. The van der Waals surface area contributed by atoms with Crippen LogP contribution in [0.5, 0.6) is 5.75 Å². The standard InChI is InChI=1S/C17H27NO2/c1-11-8-16(20-6)12(2)7-14(11)15(19)9-13(18)10-17(3,4)5/h7-8,13H,9-10,18H2,1-6H3. The molecule has 1 rings (SSSR count). The average molecular weight is 277 g/mol. The van der Waals surface area contributed by atoms with Crippen LogP contribution < -0.4 is 10.5 Å². The summed E-state index contributed by atoms with van der Waals surface area (Å²) in [7, 11) is 1.64. The second-order valence-corrected chi connectivity index (χ2v) is 6.79. The molecule has 0 bridgehead atoms. The Morgan fingerprint density at radius 1 is 1.25 bits per heavy atom. The van der Waals surface area contributed by atoms with Crippen LogP contribution in [-0.2, 0) is 0 Å². The first-order chi connectivity index (χ1) is 9.14. The summed E-state index contributed by atoms with van der Waals surface area (Å²) in [5.41, 5.74) is 8.92. The fourth-order valence-electron chi connectivity index (χ4n) is 2.52. The lowest BCUT2D eigenvalue weighted by atomic mass is 9.86. The summed E-state index contributed by atoms with van der Waals surface area (Å²) in [4.78, 5) is 12.4. The number of nitrogens with two attached hydrogens (primary N) is 1. The van der Waals surface area contributed by atoms with E-state index in [1.54, 1.807) is 7.11 Å². The first-order valence-electron chi connectivity index (χ1n) is 7.08. The third kappa shape index (κ3) is 4.64. The minimum absolute atomic E-state index is 0.0932. The van der Waals surface area contributed by atoms with Crippen LogP contribution in [0.25, 0.3) is 0 Å². The van der Waals surface area contributed by atoms with Crippen LogP contribution in [-0.4, -0.2) is 18.9 Å². The molecule has 3 nitrogen and oxygen atoms in total. The highest BCUT2D eigenvalue weighted by atomic mass is 16.5. The van der Waals surface area contributed by atoms with Crippen molar-refractivity contribution in [2.45, 2.75) is 53.5 Å². The molecule has 0 radical (unpaired) electrons. The van der Waals surface area contributed by atoms with Gasteiger partial charge in [0.15, 0.2) is 5.78 Å². The molecule has 1 unspecified atom stereocenters. The van der Waals surface area contributed by atoms with Gasteiger partial charge in [-0.1, -0.05) is 20.8 Å². The molecule has 0 fully saturated rings. The summed E-state index contributed by atoms with van der Waals surface area (Å²) in [6.07, 6.45) is 1.23. The molecule has 0 aliphatic heterocycles. The van der Waals surface area contributed by atoms with Gasteiger partial charge in [0.25, 0.3) is 0 Å². The van der Waals surface area contributed by atoms with E-state index >= 15 is 0 Å². The minimum Gasteiger partial charge on any atom is -0.496 e. The molecule has 0 aliphatic carbocycles. The highest BCUT2D eigenvalue weighted by Gasteiger charge is 2.20. The lowest BCUT2D eigenvalue weighted by Gasteiger charge is -2.23. The van der Waals surface area contributed by atoms with E-state index in [-0.39, 0.29) is 17.2 Å². The number of carbonyl (C=O) groups excluding carboxylic acids is 1. The Bertz CT molecular complexity index is 486. The fraction of sp³-hybridized carbons (Fsp3) is 0.588. The number of rotatable bonds is 5. The SMILES string of the molecule is COc1cc(C)c(C(=O)CC(N)CC(C)(C)C)cc1C. The van der Waals surface area contributed by atoms with Crippen molar-refractivity contribution in [2.75, 3.05) is 7.11 Å². The monoisotopic (exact) mass is 277 g/mol. The van der Waals surface area contributed by atoms with Crippen LogP contribution in [0.3, 0.4) is 0 Å². The number of benzene rings is 1. The molecule has 0 saturated heterocycles. The minimum atomic E-state index is -0.0932. The van der Waals surface area contributed by atoms with Crippen LogP contribution in [0.1, 0.15) is 55.1 Å². The molecule has 112 valence electrons. The van der Waals surface area contributed by atoms with Gasteiger partial charge >= 0.3 is 0 Å². The highest BCUT2D eigenvalue weighted by Crippen LogP contribution is 2.25. The van der Waals surface area contributed by atoms with Gasteiger partial charge in [0.1, 0.15) is 5.75 Å². The second-order valence-electron chi connectivity index (χ2n) is 6.79. The van der Waals surface area contributed by atoms with E-state index in [9.17, 15) is 4.79 Å². The fourth-order valence-corrected chi connectivity index (χ4v) is 2.52. The predicted molar refractivity (Wildman–Crippen MR) is 83.5 cm³/mol. The number of hydrogen-bond acceptors (Lipinski definition) is 3. The quantitative estimate of drug-likeness (QED) is 0.836. The maximum Gasteiger partial charge on any atom is 0.164 e. The topological polar surface area (TPSA) is 52.3 Å². The van der Waals surface area contributed by atoms with Gasteiger partial charge in [0.05, 0.1) is 7.11 Å². The van der Waals surface area contributed by atoms with E-state index in [1.807, 2.05) is 26.0 Å². The van der Waals surface area contributed by atoms with Gasteiger partial charge < -0.3 is 10.5 Å². The smallest absolute Gasteiger partial charge is 0.164 e. The Hall–Kier alpha value is -1.35. The Labute approximate surface area is 122 Å². The van der Waals surface area contributed by atoms with Crippen LogP contribution in [0, 0.1) is 19.3 Å². The summed E-state index contributed by atoms with van der Waals surface area (Å²) in [6, 6.07) is 3.72. The summed E-state index contributed by atoms with van der Waals surface area (Å²) in [6.45, 7) is 10.3. The van der Waals surface area contributed by atoms with Gasteiger partial charge in [-0.25, -0.2) is 0 Å². The number of ketones is 1. The van der Waals surface area contributed by atoms with Gasteiger partial charge in [0.2, 0.25) is 0 Å². The molecule has 20 heavy (non-hydrogen) atoms. The van der Waals surface area contributed by atoms with Crippen molar-refractivity contribution >= 4 is 5.78 Å². The van der Waals surface area contributed by atoms with E-state index in [4.69, 9.17) is 10.5 Å². The molecule has 1 atom stereocenters. The molecule has 0 spiro atoms. The zero-order valence-corrected chi connectivity index (χ0v) is 13.5. The van der Waals surface area contributed by atoms with Crippen molar-refractivity contribution < 1.29 is 9.53 Å². The summed E-state index contributed by atoms with van der Waals surface area (Å²) in [5, 5.41) is 0. The Balaban J connectivity index is 2.85. The summed E-state index contributed by atoms with van der Waals surface area (Å²) < 4.78 is 5.27. The third-order valence-corrected chi connectivity index (χ3v) is 3.36. The van der Waals surface area contributed by atoms with Gasteiger partial charge in [0, 0.05) is 18.0 Å². The molecular weight excluding hydrogens is 250 g/mol. The number of carbonyl (C=O) groups is 1. The van der Waals surface area contributed by atoms with E-state index < -0.39 is 0 Å². The van der Waals surface area contributed by atoms with E-state index in [1.165, 1.54) is 0 Å². The molecule has 0 aliphatic rings. The molecule has 1 aromatic carbocycles. The van der Waals surface area contributed by atoms with Gasteiger partial charge in [-0.2, -0.15) is 0 Å².